The van der Waals surface area contributed by atoms with E-state index in [-0.39, 0.29) is 30.3 Å². The smallest absolute Gasteiger partial charge is 0.251 e. The minimum Gasteiger partial charge on any atom is -0.347 e. The molecule has 3 heterocycles. The minimum atomic E-state index is -0.459. The number of thiazole rings is 1. The van der Waals surface area contributed by atoms with Gasteiger partial charge in [-0.2, -0.15) is 0 Å². The fourth-order valence-electron chi connectivity index (χ4n) is 3.48. The molecule has 2 atom stereocenters. The van der Waals surface area contributed by atoms with Crippen molar-refractivity contribution in [2.24, 2.45) is 0 Å². The maximum atomic E-state index is 12.5. The molecule has 0 aliphatic carbocycles. The normalized spacial score (nSPS) is 22.5. The van der Waals surface area contributed by atoms with Gasteiger partial charge in [0.1, 0.15) is 11.0 Å². The third-order valence-electron chi connectivity index (χ3n) is 4.82. The summed E-state index contributed by atoms with van der Waals surface area (Å²) in [5, 5.41) is 5.76. The molecular formula is C18H18N4O3S. The van der Waals surface area contributed by atoms with Crippen LogP contribution in [0.1, 0.15) is 16.8 Å². The number of nitrogens with zero attached hydrogens (tertiary/aromatic N) is 3. The van der Waals surface area contributed by atoms with Crippen LogP contribution in [0.4, 0.5) is 0 Å². The van der Waals surface area contributed by atoms with Gasteiger partial charge >= 0.3 is 0 Å². The summed E-state index contributed by atoms with van der Waals surface area (Å²) >= 11 is 1.54. The van der Waals surface area contributed by atoms with Gasteiger partial charge in [-0.15, -0.1) is 11.3 Å². The summed E-state index contributed by atoms with van der Waals surface area (Å²) < 4.78 is 0. The molecule has 3 amide bonds. The summed E-state index contributed by atoms with van der Waals surface area (Å²) in [6.45, 7) is 0.486. The highest BCUT2D eigenvalue weighted by Crippen LogP contribution is 2.24. The molecule has 0 unspecified atom stereocenters. The van der Waals surface area contributed by atoms with E-state index in [0.29, 0.717) is 18.5 Å². The largest absolute Gasteiger partial charge is 0.347 e. The van der Waals surface area contributed by atoms with Crippen LogP contribution < -0.4 is 5.32 Å². The second kappa shape index (κ2) is 6.53. The van der Waals surface area contributed by atoms with Crippen molar-refractivity contribution in [1.29, 1.82) is 0 Å². The summed E-state index contributed by atoms with van der Waals surface area (Å²) in [7, 11) is 1.63. The Morgan fingerprint density at radius 3 is 2.73 bits per heavy atom. The molecule has 1 aromatic heterocycles. The van der Waals surface area contributed by atoms with Gasteiger partial charge in [0.05, 0.1) is 6.54 Å². The number of hydrogen-bond acceptors (Lipinski definition) is 5. The number of hydrogen-bond donors (Lipinski definition) is 1. The number of aromatic nitrogens is 1. The van der Waals surface area contributed by atoms with E-state index in [4.69, 9.17) is 0 Å². The third-order valence-corrected chi connectivity index (χ3v) is 5.64. The first-order valence-electron chi connectivity index (χ1n) is 8.38. The first-order chi connectivity index (χ1) is 12.5. The lowest BCUT2D eigenvalue weighted by Crippen LogP contribution is -2.55. The zero-order valence-corrected chi connectivity index (χ0v) is 15.0. The molecule has 8 heteroatoms. The van der Waals surface area contributed by atoms with Crippen LogP contribution in [-0.4, -0.2) is 64.7 Å². The predicted octanol–water partition coefficient (Wildman–Crippen LogP) is 0.981. The number of piperazine rings is 1. The van der Waals surface area contributed by atoms with E-state index in [1.165, 1.54) is 4.90 Å². The van der Waals surface area contributed by atoms with Gasteiger partial charge in [-0.25, -0.2) is 4.98 Å². The predicted molar refractivity (Wildman–Crippen MR) is 96.6 cm³/mol. The Labute approximate surface area is 154 Å². The summed E-state index contributed by atoms with van der Waals surface area (Å²) in [6, 6.07) is 6.59. The number of benzene rings is 1. The SMILES string of the molecule is CN1CC(=O)N2C[C@@H](NC(=O)c3ccc(-c4nccs4)cc3)C[C@H]2C1=O. The molecule has 0 bridgehead atoms. The van der Waals surface area contributed by atoms with E-state index < -0.39 is 6.04 Å². The van der Waals surface area contributed by atoms with Gasteiger partial charge in [-0.3, -0.25) is 14.4 Å². The fraction of sp³-hybridized carbons (Fsp3) is 0.333. The lowest BCUT2D eigenvalue weighted by atomic mass is 10.1. The number of carbonyl (C=O) groups excluding carboxylic acids is 3. The van der Waals surface area contributed by atoms with Crippen LogP contribution in [0.3, 0.4) is 0 Å². The Morgan fingerprint density at radius 2 is 2.04 bits per heavy atom. The second-order valence-electron chi connectivity index (χ2n) is 6.58. The average Bonchev–Trinajstić information content (AvgIpc) is 3.30. The molecule has 1 aromatic carbocycles. The minimum absolute atomic E-state index is 0.0610. The Bertz CT molecular complexity index is 850. The number of carbonyl (C=O) groups is 3. The molecule has 0 spiro atoms. The van der Waals surface area contributed by atoms with Gasteiger partial charge in [0.2, 0.25) is 11.8 Å². The van der Waals surface area contributed by atoms with Crippen molar-refractivity contribution < 1.29 is 14.4 Å². The first kappa shape index (κ1) is 16.7. The van der Waals surface area contributed by atoms with Crippen molar-refractivity contribution in [1.82, 2.24) is 20.1 Å². The average molecular weight is 370 g/mol. The van der Waals surface area contributed by atoms with E-state index in [9.17, 15) is 14.4 Å². The lowest BCUT2D eigenvalue weighted by Gasteiger charge is -2.33. The van der Waals surface area contributed by atoms with Crippen molar-refractivity contribution in [3.8, 4) is 10.6 Å². The molecule has 0 radical (unpaired) electrons. The Balaban J connectivity index is 1.42. The molecule has 2 aromatic rings. The molecule has 7 nitrogen and oxygen atoms in total. The Morgan fingerprint density at radius 1 is 1.27 bits per heavy atom. The Hall–Kier alpha value is -2.74. The molecule has 26 heavy (non-hydrogen) atoms. The zero-order chi connectivity index (χ0) is 18.3. The molecule has 2 fully saturated rings. The van der Waals surface area contributed by atoms with E-state index in [0.717, 1.165) is 10.6 Å². The highest BCUT2D eigenvalue weighted by Gasteiger charge is 2.44. The lowest BCUT2D eigenvalue weighted by molar-refractivity contribution is -0.152. The van der Waals surface area contributed by atoms with Crippen molar-refractivity contribution in [2.45, 2.75) is 18.5 Å². The van der Waals surface area contributed by atoms with Crippen LogP contribution in [0.25, 0.3) is 10.6 Å². The second-order valence-corrected chi connectivity index (χ2v) is 7.47. The number of fused-ring (bicyclic) bond motifs is 1. The fourth-order valence-corrected chi connectivity index (χ4v) is 4.12. The van der Waals surface area contributed by atoms with Crippen LogP contribution >= 0.6 is 11.3 Å². The quantitative estimate of drug-likeness (QED) is 0.873. The van der Waals surface area contributed by atoms with Crippen molar-refractivity contribution >= 4 is 29.1 Å². The van der Waals surface area contributed by atoms with Crippen molar-refractivity contribution in [2.75, 3.05) is 20.1 Å². The highest BCUT2D eigenvalue weighted by atomic mass is 32.1. The topological polar surface area (TPSA) is 82.6 Å². The molecule has 2 saturated heterocycles. The van der Waals surface area contributed by atoms with Crippen LogP contribution in [0.5, 0.6) is 0 Å². The Kier molecular flexibility index (Phi) is 4.20. The summed E-state index contributed by atoms with van der Waals surface area (Å²) in [4.78, 5) is 44.1. The van der Waals surface area contributed by atoms with E-state index in [1.54, 1.807) is 41.6 Å². The van der Waals surface area contributed by atoms with E-state index in [1.807, 2.05) is 17.5 Å². The van der Waals surface area contributed by atoms with Crippen molar-refractivity contribution in [3.05, 3.63) is 41.4 Å². The van der Waals surface area contributed by atoms with E-state index >= 15 is 0 Å². The monoisotopic (exact) mass is 370 g/mol. The molecule has 0 saturated carbocycles. The number of likely N-dealkylation sites (N-methyl/N-ethyl adjacent to an activating group) is 1. The van der Waals surface area contributed by atoms with Crippen LogP contribution in [0.2, 0.25) is 0 Å². The molecule has 4 rings (SSSR count). The van der Waals surface area contributed by atoms with Gasteiger partial charge in [-0.05, 0) is 18.6 Å². The summed E-state index contributed by atoms with van der Waals surface area (Å²) in [5.74, 6) is -0.329. The van der Waals surface area contributed by atoms with Crippen molar-refractivity contribution in [3.63, 3.8) is 0 Å². The highest BCUT2D eigenvalue weighted by molar-refractivity contribution is 7.13. The molecule has 2 aliphatic heterocycles. The molecule has 1 N–H and O–H groups in total. The standard InChI is InChI=1S/C18H18N4O3S/c1-21-10-15(23)22-9-13(8-14(22)18(21)25)20-16(24)11-2-4-12(5-3-11)17-19-6-7-26-17/h2-7,13-14H,8-10H2,1H3,(H,20,24)/t13-,14-/m0/s1. The van der Waals surface area contributed by atoms with Gasteiger partial charge in [0.25, 0.3) is 5.91 Å². The third kappa shape index (κ3) is 2.96. The molecule has 134 valence electrons. The van der Waals surface area contributed by atoms with Crippen LogP contribution in [0, 0.1) is 0 Å². The van der Waals surface area contributed by atoms with Gasteiger partial charge in [0.15, 0.2) is 0 Å². The maximum Gasteiger partial charge on any atom is 0.251 e. The first-order valence-corrected chi connectivity index (χ1v) is 9.26. The van der Waals surface area contributed by atoms with Gasteiger partial charge < -0.3 is 15.1 Å². The summed E-state index contributed by atoms with van der Waals surface area (Å²) in [6.07, 6.45) is 2.20. The van der Waals surface area contributed by atoms with Gasteiger partial charge in [-0.1, -0.05) is 12.1 Å². The number of nitrogens with one attached hydrogen (secondary N) is 1. The molecular weight excluding hydrogens is 352 g/mol. The summed E-state index contributed by atoms with van der Waals surface area (Å²) in [5.41, 5.74) is 1.51. The van der Waals surface area contributed by atoms with E-state index in [2.05, 4.69) is 10.3 Å². The van der Waals surface area contributed by atoms with Gasteiger partial charge in [0, 0.05) is 42.3 Å². The van der Waals surface area contributed by atoms with Crippen LogP contribution in [0.15, 0.2) is 35.8 Å². The number of amides is 3. The maximum absolute atomic E-state index is 12.5. The molecule has 2 aliphatic rings. The van der Waals surface area contributed by atoms with Crippen LogP contribution in [-0.2, 0) is 9.59 Å². The number of rotatable bonds is 3. The zero-order valence-electron chi connectivity index (χ0n) is 14.2.